The Morgan fingerprint density at radius 2 is 2.27 bits per heavy atom. The summed E-state index contributed by atoms with van der Waals surface area (Å²) in [6.45, 7) is 1.34. The molecule has 3 nitrogen and oxygen atoms in total. The van der Waals surface area contributed by atoms with Crippen molar-refractivity contribution in [2.75, 3.05) is 7.11 Å². The van der Waals surface area contributed by atoms with Gasteiger partial charge in [-0.25, -0.2) is 4.39 Å². The van der Waals surface area contributed by atoms with Crippen LogP contribution in [0, 0.1) is 5.82 Å². The summed E-state index contributed by atoms with van der Waals surface area (Å²) in [5.74, 6) is -1.42. The lowest BCUT2D eigenvalue weighted by Gasteiger charge is -2.09. The van der Waals surface area contributed by atoms with Crippen molar-refractivity contribution in [2.24, 2.45) is 0 Å². The van der Waals surface area contributed by atoms with Gasteiger partial charge in [0.25, 0.3) is 0 Å². The van der Waals surface area contributed by atoms with Gasteiger partial charge < -0.3 is 9.84 Å². The average molecular weight is 233 g/mol. The predicted molar refractivity (Wildman–Crippen MR) is 54.0 cm³/mol. The molecule has 0 aliphatic carbocycles. The van der Waals surface area contributed by atoms with E-state index in [4.69, 9.17) is 11.6 Å². The second-order valence-corrected chi connectivity index (χ2v) is 3.47. The first-order valence-electron chi connectivity index (χ1n) is 4.20. The molecule has 0 saturated heterocycles. The van der Waals surface area contributed by atoms with E-state index in [9.17, 15) is 14.3 Å². The minimum absolute atomic E-state index is 0.0630. The summed E-state index contributed by atoms with van der Waals surface area (Å²) in [6.07, 6.45) is -0.0630. The summed E-state index contributed by atoms with van der Waals surface area (Å²) in [6, 6.07) is 1.04. The lowest BCUT2D eigenvalue weighted by atomic mass is 10.1. The number of halogens is 2. The van der Waals surface area contributed by atoms with E-state index in [1.54, 1.807) is 0 Å². The molecule has 0 fully saturated rings. The molecule has 0 radical (unpaired) electrons. The second-order valence-electron chi connectivity index (χ2n) is 3.09. The van der Waals surface area contributed by atoms with Gasteiger partial charge in [0.15, 0.2) is 11.6 Å². The van der Waals surface area contributed by atoms with Crippen LogP contribution in [-0.4, -0.2) is 18.0 Å². The van der Waals surface area contributed by atoms with Crippen LogP contribution in [0.5, 0.6) is 11.5 Å². The zero-order chi connectivity index (χ0) is 11.6. The van der Waals surface area contributed by atoms with Gasteiger partial charge in [0, 0.05) is 12.0 Å². The number of ketones is 1. The maximum Gasteiger partial charge on any atom is 0.176 e. The highest BCUT2D eigenvalue weighted by molar-refractivity contribution is 6.33. The summed E-state index contributed by atoms with van der Waals surface area (Å²) in [7, 11) is 1.24. The summed E-state index contributed by atoms with van der Waals surface area (Å²) in [5, 5.41) is 9.34. The smallest absolute Gasteiger partial charge is 0.176 e. The minimum Gasteiger partial charge on any atom is -0.506 e. The number of rotatable bonds is 3. The maximum atomic E-state index is 13.3. The van der Waals surface area contributed by atoms with Gasteiger partial charge in [-0.2, -0.15) is 0 Å². The second kappa shape index (κ2) is 4.49. The number of hydrogen-bond donors (Lipinski definition) is 1. The van der Waals surface area contributed by atoms with Crippen molar-refractivity contribution in [2.45, 2.75) is 13.3 Å². The molecule has 0 heterocycles. The van der Waals surface area contributed by atoms with Crippen molar-refractivity contribution in [3.63, 3.8) is 0 Å². The Kier molecular flexibility index (Phi) is 3.52. The van der Waals surface area contributed by atoms with Crippen LogP contribution in [0.1, 0.15) is 12.5 Å². The minimum atomic E-state index is -0.698. The third kappa shape index (κ3) is 2.39. The van der Waals surface area contributed by atoms with Gasteiger partial charge in [0.2, 0.25) is 0 Å². The molecule has 1 aromatic rings. The standard InChI is InChI=1S/C10H10ClFO3/c1-5(13)3-6-4-7(12)10(15-2)8(11)9(6)14/h4,14H,3H2,1-2H3. The highest BCUT2D eigenvalue weighted by Gasteiger charge is 2.17. The third-order valence-corrected chi connectivity index (χ3v) is 2.22. The number of methoxy groups -OCH3 is 1. The van der Waals surface area contributed by atoms with E-state index in [1.807, 2.05) is 0 Å². The Morgan fingerprint density at radius 3 is 2.73 bits per heavy atom. The van der Waals surface area contributed by atoms with Crippen LogP contribution < -0.4 is 4.74 Å². The molecule has 0 spiro atoms. The van der Waals surface area contributed by atoms with E-state index in [0.717, 1.165) is 6.07 Å². The van der Waals surface area contributed by atoms with Gasteiger partial charge in [-0.3, -0.25) is 4.79 Å². The van der Waals surface area contributed by atoms with Crippen LogP contribution in [0.3, 0.4) is 0 Å². The zero-order valence-corrected chi connectivity index (χ0v) is 9.06. The molecule has 82 valence electrons. The van der Waals surface area contributed by atoms with Gasteiger partial charge >= 0.3 is 0 Å². The lowest BCUT2D eigenvalue weighted by molar-refractivity contribution is -0.116. The summed E-state index contributed by atoms with van der Waals surface area (Å²) in [5.41, 5.74) is 0.158. The van der Waals surface area contributed by atoms with Crippen LogP contribution in [0.15, 0.2) is 6.07 Å². The Morgan fingerprint density at radius 1 is 1.67 bits per heavy atom. The number of hydrogen-bond acceptors (Lipinski definition) is 3. The number of Topliss-reactive ketones (excluding diaryl/α,β-unsaturated/α-hetero) is 1. The van der Waals surface area contributed by atoms with Crippen molar-refractivity contribution in [1.29, 1.82) is 0 Å². The molecule has 0 bridgehead atoms. The van der Waals surface area contributed by atoms with Crippen molar-refractivity contribution in [3.05, 3.63) is 22.5 Å². The number of ether oxygens (including phenoxy) is 1. The number of aromatic hydroxyl groups is 1. The van der Waals surface area contributed by atoms with Gasteiger partial charge in [0.1, 0.15) is 16.6 Å². The van der Waals surface area contributed by atoms with Crippen LogP contribution >= 0.6 is 11.6 Å². The molecular formula is C10H10ClFO3. The molecular weight excluding hydrogens is 223 g/mol. The highest BCUT2D eigenvalue weighted by Crippen LogP contribution is 2.38. The van der Waals surface area contributed by atoms with Crippen molar-refractivity contribution >= 4 is 17.4 Å². The van der Waals surface area contributed by atoms with E-state index >= 15 is 0 Å². The van der Waals surface area contributed by atoms with E-state index in [-0.39, 0.29) is 34.3 Å². The van der Waals surface area contributed by atoms with Crippen LogP contribution in [0.2, 0.25) is 5.02 Å². The normalized spacial score (nSPS) is 10.1. The molecule has 1 N–H and O–H groups in total. The quantitative estimate of drug-likeness (QED) is 0.870. The topological polar surface area (TPSA) is 46.5 Å². The Balaban J connectivity index is 3.27. The largest absolute Gasteiger partial charge is 0.506 e. The maximum absolute atomic E-state index is 13.3. The van der Waals surface area contributed by atoms with Gasteiger partial charge in [-0.15, -0.1) is 0 Å². The Labute approximate surface area is 91.4 Å². The van der Waals surface area contributed by atoms with Gasteiger partial charge in [-0.1, -0.05) is 11.6 Å². The molecule has 5 heteroatoms. The molecule has 0 amide bonds. The van der Waals surface area contributed by atoms with Crippen LogP contribution in [0.25, 0.3) is 0 Å². The Bertz CT molecular complexity index is 404. The predicted octanol–water partition coefficient (Wildman–Crippen LogP) is 2.32. The summed E-state index contributed by atoms with van der Waals surface area (Å²) >= 11 is 5.66. The number of benzene rings is 1. The molecule has 0 aromatic heterocycles. The number of phenols is 1. The van der Waals surface area contributed by atoms with Crippen molar-refractivity contribution in [1.82, 2.24) is 0 Å². The molecule has 1 aromatic carbocycles. The SMILES string of the molecule is COc1c(F)cc(CC(C)=O)c(O)c1Cl. The van der Waals surface area contributed by atoms with Gasteiger partial charge in [-0.05, 0) is 13.0 Å². The fourth-order valence-corrected chi connectivity index (χ4v) is 1.52. The average Bonchev–Trinajstić information content (AvgIpc) is 2.14. The highest BCUT2D eigenvalue weighted by atomic mass is 35.5. The zero-order valence-electron chi connectivity index (χ0n) is 8.30. The fourth-order valence-electron chi connectivity index (χ4n) is 1.23. The molecule has 0 saturated carbocycles. The lowest BCUT2D eigenvalue weighted by Crippen LogP contribution is -1.99. The van der Waals surface area contributed by atoms with Crippen molar-refractivity contribution < 1.29 is 19.0 Å². The first-order valence-corrected chi connectivity index (χ1v) is 4.58. The molecule has 0 atom stereocenters. The fraction of sp³-hybridized carbons (Fsp3) is 0.300. The molecule has 0 unspecified atom stereocenters. The summed E-state index contributed by atoms with van der Waals surface area (Å²) < 4.78 is 18.0. The summed E-state index contributed by atoms with van der Waals surface area (Å²) in [4.78, 5) is 10.8. The molecule has 0 aliphatic rings. The van der Waals surface area contributed by atoms with E-state index in [0.29, 0.717) is 0 Å². The number of carbonyl (C=O) groups is 1. The molecule has 15 heavy (non-hydrogen) atoms. The number of phenolic OH excluding ortho intramolecular Hbond substituents is 1. The molecule has 1 rings (SSSR count). The van der Waals surface area contributed by atoms with Crippen molar-refractivity contribution in [3.8, 4) is 11.5 Å². The van der Waals surface area contributed by atoms with E-state index < -0.39 is 5.82 Å². The monoisotopic (exact) mass is 232 g/mol. The van der Waals surface area contributed by atoms with E-state index in [2.05, 4.69) is 4.74 Å². The first-order chi connectivity index (χ1) is 6.97. The third-order valence-electron chi connectivity index (χ3n) is 1.87. The first kappa shape index (κ1) is 11.8. The molecule has 0 aliphatic heterocycles. The number of carbonyl (C=O) groups excluding carboxylic acids is 1. The van der Waals surface area contributed by atoms with Crippen LogP contribution in [-0.2, 0) is 11.2 Å². The van der Waals surface area contributed by atoms with Crippen LogP contribution in [0.4, 0.5) is 4.39 Å². The van der Waals surface area contributed by atoms with E-state index in [1.165, 1.54) is 14.0 Å². The Hall–Kier alpha value is -1.29. The van der Waals surface area contributed by atoms with Gasteiger partial charge in [0.05, 0.1) is 7.11 Å².